The van der Waals surface area contributed by atoms with E-state index < -0.39 is 5.82 Å². The van der Waals surface area contributed by atoms with Crippen molar-refractivity contribution in [3.05, 3.63) is 58.5 Å². The van der Waals surface area contributed by atoms with Gasteiger partial charge < -0.3 is 10.4 Å². The lowest BCUT2D eigenvalue weighted by Gasteiger charge is -2.13. The number of nitrogens with zero attached hydrogens (tertiary/aromatic N) is 2. The average Bonchev–Trinajstić information content (AvgIpc) is 2.53. The molecule has 1 aromatic heterocycles. The van der Waals surface area contributed by atoms with Gasteiger partial charge in [0.05, 0.1) is 21.8 Å². The molecule has 0 saturated carbocycles. The van der Waals surface area contributed by atoms with E-state index in [2.05, 4.69) is 16.4 Å². The lowest BCUT2D eigenvalue weighted by atomic mass is 10.1. The number of benzene rings is 2. The Morgan fingerprint density at radius 1 is 1.30 bits per heavy atom. The SMILES string of the molecule is Cc1cc2c(Nc3ccc(F)c(Cl)c3)c(C#N)cnc2cc1O. The summed E-state index contributed by atoms with van der Waals surface area (Å²) in [6.07, 6.45) is 1.42. The normalized spacial score (nSPS) is 10.5. The third kappa shape index (κ3) is 2.77. The Morgan fingerprint density at radius 3 is 2.78 bits per heavy atom. The number of nitrogens with one attached hydrogen (secondary N) is 1. The first kappa shape index (κ1) is 15.1. The Hall–Kier alpha value is -2.84. The molecule has 114 valence electrons. The summed E-state index contributed by atoms with van der Waals surface area (Å²) < 4.78 is 13.3. The highest BCUT2D eigenvalue weighted by Crippen LogP contribution is 2.33. The van der Waals surface area contributed by atoms with Gasteiger partial charge in [-0.25, -0.2) is 4.39 Å². The summed E-state index contributed by atoms with van der Waals surface area (Å²) in [5, 5.41) is 22.9. The Morgan fingerprint density at radius 2 is 2.09 bits per heavy atom. The van der Waals surface area contributed by atoms with Gasteiger partial charge >= 0.3 is 0 Å². The molecule has 0 saturated heterocycles. The van der Waals surface area contributed by atoms with Crippen molar-refractivity contribution in [1.29, 1.82) is 5.26 Å². The minimum Gasteiger partial charge on any atom is -0.508 e. The number of phenols is 1. The molecule has 0 bridgehead atoms. The van der Waals surface area contributed by atoms with Crippen molar-refractivity contribution in [3.63, 3.8) is 0 Å². The van der Waals surface area contributed by atoms with Crippen LogP contribution in [0.2, 0.25) is 5.02 Å². The predicted molar refractivity (Wildman–Crippen MR) is 87.6 cm³/mol. The molecule has 0 unspecified atom stereocenters. The smallest absolute Gasteiger partial charge is 0.141 e. The fraction of sp³-hybridized carbons (Fsp3) is 0.0588. The lowest BCUT2D eigenvalue weighted by Crippen LogP contribution is -1.97. The Kier molecular flexibility index (Phi) is 3.77. The molecule has 2 aromatic carbocycles. The van der Waals surface area contributed by atoms with E-state index >= 15 is 0 Å². The third-order valence-corrected chi connectivity index (χ3v) is 3.78. The van der Waals surface area contributed by atoms with E-state index in [-0.39, 0.29) is 10.8 Å². The van der Waals surface area contributed by atoms with Crippen molar-refractivity contribution in [1.82, 2.24) is 4.98 Å². The first-order chi connectivity index (χ1) is 11.0. The van der Waals surface area contributed by atoms with Gasteiger partial charge in [-0.15, -0.1) is 0 Å². The van der Waals surface area contributed by atoms with E-state index in [1.165, 1.54) is 30.5 Å². The molecule has 0 fully saturated rings. The second-order valence-electron chi connectivity index (χ2n) is 5.07. The van der Waals surface area contributed by atoms with E-state index in [0.29, 0.717) is 33.4 Å². The molecule has 0 amide bonds. The van der Waals surface area contributed by atoms with Crippen molar-refractivity contribution < 1.29 is 9.50 Å². The molecule has 0 aliphatic heterocycles. The monoisotopic (exact) mass is 327 g/mol. The molecular formula is C17H11ClFN3O. The predicted octanol–water partition coefficient (Wildman–Crippen LogP) is 4.66. The van der Waals surface area contributed by atoms with Crippen LogP contribution in [0.15, 0.2) is 36.5 Å². The van der Waals surface area contributed by atoms with Crippen molar-refractivity contribution in [3.8, 4) is 11.8 Å². The van der Waals surface area contributed by atoms with E-state index in [0.717, 1.165) is 0 Å². The second-order valence-corrected chi connectivity index (χ2v) is 5.48. The molecule has 6 heteroatoms. The van der Waals surface area contributed by atoms with Crippen LogP contribution in [0.3, 0.4) is 0 Å². The van der Waals surface area contributed by atoms with Crippen molar-refractivity contribution in [2.75, 3.05) is 5.32 Å². The molecule has 23 heavy (non-hydrogen) atoms. The summed E-state index contributed by atoms with van der Waals surface area (Å²) >= 11 is 5.79. The van der Waals surface area contributed by atoms with Gasteiger partial charge in [0.1, 0.15) is 17.6 Å². The number of pyridine rings is 1. The fourth-order valence-electron chi connectivity index (χ4n) is 2.27. The van der Waals surface area contributed by atoms with Crippen LogP contribution in [0.1, 0.15) is 11.1 Å². The van der Waals surface area contributed by atoms with Crippen LogP contribution < -0.4 is 5.32 Å². The standard InChI is InChI=1S/C17H11ClFN3O/c1-9-4-12-15(6-16(9)23)21-8-10(7-20)17(12)22-11-2-3-14(19)13(18)5-11/h2-6,8,23H,1H3,(H,21,22). The summed E-state index contributed by atoms with van der Waals surface area (Å²) in [7, 11) is 0. The van der Waals surface area contributed by atoms with Crippen LogP contribution in [0.4, 0.5) is 15.8 Å². The molecule has 1 heterocycles. The number of fused-ring (bicyclic) bond motifs is 1. The summed E-state index contributed by atoms with van der Waals surface area (Å²) in [5.41, 5.74) is 2.62. The first-order valence-electron chi connectivity index (χ1n) is 6.74. The van der Waals surface area contributed by atoms with E-state index in [4.69, 9.17) is 11.6 Å². The van der Waals surface area contributed by atoms with Crippen LogP contribution in [0, 0.1) is 24.1 Å². The fourth-order valence-corrected chi connectivity index (χ4v) is 2.45. The Labute approximate surface area is 136 Å². The van der Waals surface area contributed by atoms with Crippen LogP contribution in [0.25, 0.3) is 10.9 Å². The van der Waals surface area contributed by atoms with Crippen LogP contribution in [0.5, 0.6) is 5.75 Å². The number of aryl methyl sites for hydroxylation is 1. The molecular weight excluding hydrogens is 317 g/mol. The van der Waals surface area contributed by atoms with Gasteiger partial charge in [0, 0.05) is 23.3 Å². The maximum Gasteiger partial charge on any atom is 0.141 e. The molecule has 0 spiro atoms. The van der Waals surface area contributed by atoms with Gasteiger partial charge in [0.25, 0.3) is 0 Å². The summed E-state index contributed by atoms with van der Waals surface area (Å²) in [4.78, 5) is 4.18. The number of halogens is 2. The van der Waals surface area contributed by atoms with E-state index in [1.807, 2.05) is 0 Å². The van der Waals surface area contributed by atoms with Gasteiger partial charge in [0.2, 0.25) is 0 Å². The van der Waals surface area contributed by atoms with Crippen LogP contribution in [-0.2, 0) is 0 Å². The number of aromatic hydroxyl groups is 1. The quantitative estimate of drug-likeness (QED) is 0.718. The van der Waals surface area contributed by atoms with Crippen LogP contribution >= 0.6 is 11.6 Å². The molecule has 0 radical (unpaired) electrons. The minimum atomic E-state index is -0.516. The van der Waals surface area contributed by atoms with E-state index in [9.17, 15) is 14.8 Å². The van der Waals surface area contributed by atoms with Gasteiger partial charge in [-0.05, 0) is 36.8 Å². The first-order valence-corrected chi connectivity index (χ1v) is 7.12. The highest BCUT2D eigenvalue weighted by Gasteiger charge is 2.12. The molecule has 3 rings (SSSR count). The Balaban J connectivity index is 2.19. The van der Waals surface area contributed by atoms with Gasteiger partial charge in [-0.2, -0.15) is 5.26 Å². The van der Waals surface area contributed by atoms with Gasteiger partial charge in [-0.1, -0.05) is 11.6 Å². The molecule has 2 N–H and O–H groups in total. The average molecular weight is 328 g/mol. The zero-order valence-electron chi connectivity index (χ0n) is 12.1. The van der Waals surface area contributed by atoms with E-state index in [1.54, 1.807) is 13.0 Å². The maximum absolute atomic E-state index is 13.3. The number of anilines is 2. The molecule has 0 atom stereocenters. The van der Waals surface area contributed by atoms with Crippen molar-refractivity contribution in [2.45, 2.75) is 6.92 Å². The van der Waals surface area contributed by atoms with Crippen LogP contribution in [-0.4, -0.2) is 10.1 Å². The second kappa shape index (κ2) is 5.75. The lowest BCUT2D eigenvalue weighted by molar-refractivity contribution is 0.472. The van der Waals surface area contributed by atoms with Crippen molar-refractivity contribution in [2.24, 2.45) is 0 Å². The zero-order chi connectivity index (χ0) is 16.6. The number of rotatable bonds is 2. The van der Waals surface area contributed by atoms with Gasteiger partial charge in [0.15, 0.2) is 0 Å². The summed E-state index contributed by atoms with van der Waals surface area (Å²) in [5.74, 6) is -0.386. The topological polar surface area (TPSA) is 68.9 Å². The number of phenolic OH excluding ortho intramolecular Hbond substituents is 1. The number of nitriles is 1. The Bertz CT molecular complexity index is 966. The zero-order valence-corrected chi connectivity index (χ0v) is 12.8. The molecule has 3 aromatic rings. The maximum atomic E-state index is 13.3. The highest BCUT2D eigenvalue weighted by molar-refractivity contribution is 6.31. The number of aromatic nitrogens is 1. The molecule has 0 aliphatic carbocycles. The number of hydrogen-bond donors (Lipinski definition) is 2. The minimum absolute atomic E-state index is 0.0132. The highest BCUT2D eigenvalue weighted by atomic mass is 35.5. The largest absolute Gasteiger partial charge is 0.508 e. The summed E-state index contributed by atoms with van der Waals surface area (Å²) in [6, 6.07) is 9.57. The summed E-state index contributed by atoms with van der Waals surface area (Å²) in [6.45, 7) is 1.76. The molecule has 4 nitrogen and oxygen atoms in total. The molecule has 0 aliphatic rings. The third-order valence-electron chi connectivity index (χ3n) is 3.50. The van der Waals surface area contributed by atoms with Crippen molar-refractivity contribution >= 4 is 33.9 Å². The number of hydrogen-bond acceptors (Lipinski definition) is 4. The van der Waals surface area contributed by atoms with Gasteiger partial charge in [-0.3, -0.25) is 4.98 Å².